The summed E-state index contributed by atoms with van der Waals surface area (Å²) in [6, 6.07) is 26.8. The van der Waals surface area contributed by atoms with Crippen molar-refractivity contribution in [1.29, 1.82) is 0 Å². The largest absolute Gasteiger partial charge is 0.327 e. The molecule has 0 spiro atoms. The molecule has 0 unspecified atom stereocenters. The van der Waals surface area contributed by atoms with Crippen molar-refractivity contribution in [2.24, 2.45) is 0 Å². The van der Waals surface area contributed by atoms with E-state index in [4.69, 9.17) is 28.2 Å². The molecule has 3 nitrogen and oxygen atoms in total. The summed E-state index contributed by atoms with van der Waals surface area (Å²) in [5.74, 6) is 1.03. The molecule has 0 amide bonds. The first-order valence-corrected chi connectivity index (χ1v) is 12.2. The number of hydrogen-bond donors (Lipinski definition) is 0. The van der Waals surface area contributed by atoms with Gasteiger partial charge in [-0.05, 0) is 23.6 Å². The molecule has 0 aliphatic rings. The Hall–Kier alpha value is -2.59. The van der Waals surface area contributed by atoms with Crippen LogP contribution in [0.15, 0.2) is 85.1 Å². The molecule has 4 rings (SSSR count). The SMILES string of the molecule is CCCCn1c(CN(Cc2ccccc2)Cc2cccc(Cl)c2Cl)cnc1-c1ccccc1. The normalized spacial score (nSPS) is 11.3. The van der Waals surface area contributed by atoms with E-state index in [9.17, 15) is 0 Å². The number of nitrogens with zero attached hydrogens (tertiary/aromatic N) is 3. The predicted octanol–water partition coefficient (Wildman–Crippen LogP) is 7.86. The van der Waals surface area contributed by atoms with Crippen molar-refractivity contribution >= 4 is 23.2 Å². The lowest BCUT2D eigenvalue weighted by molar-refractivity contribution is 0.241. The molecule has 0 aliphatic carbocycles. The smallest absolute Gasteiger partial charge is 0.140 e. The fourth-order valence-electron chi connectivity index (χ4n) is 4.07. The fraction of sp³-hybridized carbons (Fsp3) is 0.250. The number of unbranched alkanes of at least 4 members (excludes halogenated alkanes) is 1. The third kappa shape index (κ3) is 6.05. The summed E-state index contributed by atoms with van der Waals surface area (Å²) in [7, 11) is 0. The van der Waals surface area contributed by atoms with Gasteiger partial charge in [0.1, 0.15) is 5.82 Å². The van der Waals surface area contributed by atoms with Crippen LogP contribution in [0.5, 0.6) is 0 Å². The number of benzene rings is 3. The van der Waals surface area contributed by atoms with Crippen LogP contribution in [0.25, 0.3) is 11.4 Å². The summed E-state index contributed by atoms with van der Waals surface area (Å²) in [6.45, 7) is 5.45. The van der Waals surface area contributed by atoms with E-state index in [1.54, 1.807) is 0 Å². The summed E-state index contributed by atoms with van der Waals surface area (Å²) in [4.78, 5) is 7.23. The molecule has 1 heterocycles. The van der Waals surface area contributed by atoms with E-state index in [1.807, 2.05) is 30.5 Å². The van der Waals surface area contributed by atoms with Gasteiger partial charge in [-0.3, -0.25) is 4.90 Å². The van der Waals surface area contributed by atoms with Gasteiger partial charge in [0, 0.05) is 31.7 Å². The van der Waals surface area contributed by atoms with Crippen molar-refractivity contribution in [1.82, 2.24) is 14.5 Å². The zero-order valence-corrected chi connectivity index (χ0v) is 20.4. The third-order valence-electron chi connectivity index (χ3n) is 5.77. The Morgan fingerprint density at radius 1 is 0.818 bits per heavy atom. The second kappa shape index (κ2) is 11.5. The zero-order valence-electron chi connectivity index (χ0n) is 18.9. The molecule has 0 saturated heterocycles. The lowest BCUT2D eigenvalue weighted by Crippen LogP contribution is -2.24. The maximum atomic E-state index is 6.55. The molecule has 0 radical (unpaired) electrons. The first kappa shape index (κ1) is 23.6. The molecule has 1 aromatic heterocycles. The predicted molar refractivity (Wildman–Crippen MR) is 138 cm³/mol. The zero-order chi connectivity index (χ0) is 23.0. The molecule has 5 heteroatoms. The fourth-order valence-corrected chi connectivity index (χ4v) is 4.45. The molecular formula is C28H29Cl2N3. The molecule has 0 aliphatic heterocycles. The highest BCUT2D eigenvalue weighted by atomic mass is 35.5. The topological polar surface area (TPSA) is 21.1 Å². The van der Waals surface area contributed by atoms with Gasteiger partial charge in [0.2, 0.25) is 0 Å². The highest BCUT2D eigenvalue weighted by Crippen LogP contribution is 2.28. The maximum absolute atomic E-state index is 6.55. The highest BCUT2D eigenvalue weighted by Gasteiger charge is 2.17. The van der Waals surface area contributed by atoms with Crippen molar-refractivity contribution in [3.63, 3.8) is 0 Å². The number of aromatic nitrogens is 2. The van der Waals surface area contributed by atoms with E-state index in [-0.39, 0.29) is 0 Å². The van der Waals surface area contributed by atoms with Crippen molar-refractivity contribution in [2.45, 2.75) is 45.9 Å². The summed E-state index contributed by atoms with van der Waals surface area (Å²) >= 11 is 12.9. The van der Waals surface area contributed by atoms with Crippen LogP contribution in [0.3, 0.4) is 0 Å². The first-order chi connectivity index (χ1) is 16.2. The van der Waals surface area contributed by atoms with Crippen molar-refractivity contribution in [3.05, 3.63) is 112 Å². The second-order valence-corrected chi connectivity index (χ2v) is 9.07. The molecule has 0 atom stereocenters. The molecular weight excluding hydrogens is 449 g/mol. The summed E-state index contributed by atoms with van der Waals surface area (Å²) in [6.07, 6.45) is 4.27. The van der Waals surface area contributed by atoms with Gasteiger partial charge in [0.15, 0.2) is 0 Å². The Morgan fingerprint density at radius 2 is 1.55 bits per heavy atom. The van der Waals surface area contributed by atoms with E-state index >= 15 is 0 Å². The van der Waals surface area contributed by atoms with Gasteiger partial charge in [-0.25, -0.2) is 4.98 Å². The Balaban J connectivity index is 1.66. The van der Waals surface area contributed by atoms with Crippen LogP contribution in [0, 0.1) is 0 Å². The van der Waals surface area contributed by atoms with Crippen molar-refractivity contribution in [2.75, 3.05) is 0 Å². The Kier molecular flexibility index (Phi) is 8.22. The quantitative estimate of drug-likeness (QED) is 0.231. The second-order valence-electron chi connectivity index (χ2n) is 8.29. The minimum absolute atomic E-state index is 0.591. The average Bonchev–Trinajstić information content (AvgIpc) is 3.24. The molecule has 33 heavy (non-hydrogen) atoms. The van der Waals surface area contributed by atoms with E-state index in [1.165, 1.54) is 11.3 Å². The van der Waals surface area contributed by atoms with E-state index in [0.29, 0.717) is 16.6 Å². The first-order valence-electron chi connectivity index (χ1n) is 11.4. The molecule has 0 fully saturated rings. The van der Waals surface area contributed by atoms with Gasteiger partial charge in [-0.1, -0.05) is 109 Å². The van der Waals surface area contributed by atoms with E-state index in [2.05, 4.69) is 71.0 Å². The Bertz CT molecular complexity index is 1160. The van der Waals surface area contributed by atoms with Crippen LogP contribution in [-0.4, -0.2) is 14.5 Å². The van der Waals surface area contributed by atoms with Crippen LogP contribution >= 0.6 is 23.2 Å². The molecule has 0 bridgehead atoms. The summed E-state index contributed by atoms with van der Waals surface area (Å²) < 4.78 is 2.37. The van der Waals surface area contributed by atoms with E-state index in [0.717, 1.165) is 49.4 Å². The van der Waals surface area contributed by atoms with Gasteiger partial charge in [-0.15, -0.1) is 0 Å². The van der Waals surface area contributed by atoms with Crippen LogP contribution in [-0.2, 0) is 26.2 Å². The average molecular weight is 478 g/mol. The minimum Gasteiger partial charge on any atom is -0.327 e. The van der Waals surface area contributed by atoms with Crippen LogP contribution in [0.4, 0.5) is 0 Å². The minimum atomic E-state index is 0.591. The summed E-state index contributed by atoms with van der Waals surface area (Å²) in [5, 5.41) is 1.22. The Labute approximate surface area is 206 Å². The number of hydrogen-bond acceptors (Lipinski definition) is 2. The number of halogens is 2. The lowest BCUT2D eigenvalue weighted by atomic mass is 10.1. The number of imidazole rings is 1. The molecule has 0 N–H and O–H groups in total. The van der Waals surface area contributed by atoms with Crippen LogP contribution < -0.4 is 0 Å². The Morgan fingerprint density at radius 3 is 2.27 bits per heavy atom. The van der Waals surface area contributed by atoms with Gasteiger partial charge < -0.3 is 4.57 Å². The van der Waals surface area contributed by atoms with Gasteiger partial charge in [-0.2, -0.15) is 0 Å². The molecule has 170 valence electrons. The molecule has 3 aromatic carbocycles. The van der Waals surface area contributed by atoms with E-state index < -0.39 is 0 Å². The maximum Gasteiger partial charge on any atom is 0.140 e. The lowest BCUT2D eigenvalue weighted by Gasteiger charge is -2.24. The van der Waals surface area contributed by atoms with Crippen LogP contribution in [0.2, 0.25) is 10.0 Å². The van der Waals surface area contributed by atoms with Crippen molar-refractivity contribution in [3.8, 4) is 11.4 Å². The van der Waals surface area contributed by atoms with Gasteiger partial charge >= 0.3 is 0 Å². The van der Waals surface area contributed by atoms with Gasteiger partial charge in [0.05, 0.1) is 21.9 Å². The third-order valence-corrected chi connectivity index (χ3v) is 6.62. The highest BCUT2D eigenvalue weighted by molar-refractivity contribution is 6.42. The van der Waals surface area contributed by atoms with Gasteiger partial charge in [0.25, 0.3) is 0 Å². The standard InChI is InChI=1S/C28H29Cl2N3/c1-2-3-17-33-25(18-31-28(33)23-13-8-5-9-14-23)21-32(19-22-11-6-4-7-12-22)20-24-15-10-16-26(29)27(24)30/h4-16,18H,2-3,17,19-21H2,1H3. The number of rotatable bonds is 10. The summed E-state index contributed by atoms with van der Waals surface area (Å²) in [5.41, 5.74) is 4.64. The molecule has 0 saturated carbocycles. The van der Waals surface area contributed by atoms with Crippen LogP contribution in [0.1, 0.15) is 36.6 Å². The van der Waals surface area contributed by atoms with Crippen molar-refractivity contribution < 1.29 is 0 Å². The molecule has 4 aromatic rings. The monoisotopic (exact) mass is 477 g/mol.